The molecule has 0 aliphatic rings. The Kier molecular flexibility index (Phi) is 4.52. The van der Waals surface area contributed by atoms with Crippen molar-refractivity contribution in [2.75, 3.05) is 14.2 Å². The average Bonchev–Trinajstić information content (AvgIpc) is 2.93. The summed E-state index contributed by atoms with van der Waals surface area (Å²) in [6.45, 7) is 2.85. The molecular weight excluding hydrogens is 278 g/mol. The van der Waals surface area contributed by atoms with Crippen LogP contribution in [0.25, 0.3) is 0 Å². The van der Waals surface area contributed by atoms with Gasteiger partial charge in [-0.3, -0.25) is 0 Å². The van der Waals surface area contributed by atoms with E-state index >= 15 is 0 Å². The van der Waals surface area contributed by atoms with Gasteiger partial charge in [0.05, 0.1) is 25.3 Å². The van der Waals surface area contributed by atoms with Crippen molar-refractivity contribution in [2.45, 2.75) is 19.5 Å². The minimum Gasteiger partial charge on any atom is -0.493 e. The molecule has 0 amide bonds. The van der Waals surface area contributed by atoms with Gasteiger partial charge in [0.1, 0.15) is 5.82 Å². The monoisotopic (exact) mass is 295 g/mol. The molecule has 0 spiro atoms. The fourth-order valence-corrected chi connectivity index (χ4v) is 2.43. The maximum Gasteiger partial charge on any atom is 0.179 e. The number of aryl methyl sites for hydroxylation is 1. The fraction of sp³-hybridized carbons (Fsp3) is 0.357. The third-order valence-corrected chi connectivity index (χ3v) is 3.46. The van der Waals surface area contributed by atoms with Crippen molar-refractivity contribution in [1.29, 1.82) is 0 Å². The van der Waals surface area contributed by atoms with Gasteiger partial charge in [0.15, 0.2) is 11.5 Å². The first-order valence-electron chi connectivity index (χ1n) is 6.30. The van der Waals surface area contributed by atoms with Crippen LogP contribution in [0, 0.1) is 0 Å². The number of benzene rings is 1. The van der Waals surface area contributed by atoms with Gasteiger partial charge < -0.3 is 19.8 Å². The molecule has 20 heavy (non-hydrogen) atoms. The third-order valence-electron chi connectivity index (χ3n) is 3.18. The molecule has 1 aromatic carbocycles. The zero-order valence-corrected chi connectivity index (χ0v) is 12.5. The van der Waals surface area contributed by atoms with Crippen LogP contribution >= 0.6 is 11.6 Å². The van der Waals surface area contributed by atoms with Gasteiger partial charge in [0, 0.05) is 18.9 Å². The maximum absolute atomic E-state index is 6.28. The summed E-state index contributed by atoms with van der Waals surface area (Å²) in [5, 5.41) is 0.465. The number of nitrogens with two attached hydrogens (primary N) is 1. The number of halogens is 1. The van der Waals surface area contributed by atoms with Crippen LogP contribution in [0.5, 0.6) is 11.5 Å². The zero-order chi connectivity index (χ0) is 14.7. The van der Waals surface area contributed by atoms with Gasteiger partial charge in [0.2, 0.25) is 0 Å². The van der Waals surface area contributed by atoms with Gasteiger partial charge >= 0.3 is 0 Å². The molecule has 1 unspecified atom stereocenters. The lowest BCUT2D eigenvalue weighted by atomic mass is 10.1. The summed E-state index contributed by atoms with van der Waals surface area (Å²) in [6, 6.07) is 3.23. The standard InChI is InChI=1S/C14H18ClN3O2/c1-4-18-6-5-17-14(18)12(16)9-7-10(15)13(20-3)11(8-9)19-2/h5-8,12H,4,16H2,1-3H3. The molecule has 2 rings (SSSR count). The Bertz CT molecular complexity index is 598. The van der Waals surface area contributed by atoms with E-state index in [9.17, 15) is 0 Å². The normalized spacial score (nSPS) is 12.2. The average molecular weight is 296 g/mol. The van der Waals surface area contributed by atoms with E-state index in [2.05, 4.69) is 4.98 Å². The number of aromatic nitrogens is 2. The number of hydrogen-bond acceptors (Lipinski definition) is 4. The molecule has 1 atom stereocenters. The lowest BCUT2D eigenvalue weighted by molar-refractivity contribution is 0.354. The van der Waals surface area contributed by atoms with Crippen molar-refractivity contribution in [3.63, 3.8) is 0 Å². The lowest BCUT2D eigenvalue weighted by Crippen LogP contribution is -2.17. The third kappa shape index (κ3) is 2.59. The van der Waals surface area contributed by atoms with Crippen LogP contribution in [0.2, 0.25) is 5.02 Å². The molecule has 0 saturated heterocycles. The van der Waals surface area contributed by atoms with Crippen LogP contribution in [-0.4, -0.2) is 23.8 Å². The molecule has 1 aromatic heterocycles. The quantitative estimate of drug-likeness (QED) is 0.921. The first kappa shape index (κ1) is 14.7. The molecule has 0 bridgehead atoms. The topological polar surface area (TPSA) is 62.3 Å². The van der Waals surface area contributed by atoms with E-state index in [0.29, 0.717) is 16.5 Å². The Balaban J connectivity index is 2.45. The smallest absolute Gasteiger partial charge is 0.179 e. The summed E-state index contributed by atoms with van der Waals surface area (Å²) in [5.41, 5.74) is 7.11. The molecule has 5 nitrogen and oxygen atoms in total. The Morgan fingerprint density at radius 1 is 1.35 bits per heavy atom. The molecule has 0 fully saturated rings. The van der Waals surface area contributed by atoms with E-state index < -0.39 is 0 Å². The molecule has 1 heterocycles. The first-order valence-corrected chi connectivity index (χ1v) is 6.68. The minimum absolute atomic E-state index is 0.373. The first-order chi connectivity index (χ1) is 9.62. The van der Waals surface area contributed by atoms with Crippen LogP contribution in [-0.2, 0) is 6.54 Å². The molecule has 0 aliphatic carbocycles. The van der Waals surface area contributed by atoms with Crippen molar-refractivity contribution < 1.29 is 9.47 Å². The van der Waals surface area contributed by atoms with Crippen LogP contribution in [0.3, 0.4) is 0 Å². The molecule has 2 N–H and O–H groups in total. The van der Waals surface area contributed by atoms with Crippen molar-refractivity contribution in [3.8, 4) is 11.5 Å². The Hall–Kier alpha value is -1.72. The van der Waals surface area contributed by atoms with E-state index in [0.717, 1.165) is 17.9 Å². The van der Waals surface area contributed by atoms with E-state index in [1.807, 2.05) is 23.8 Å². The molecule has 0 radical (unpaired) electrons. The highest BCUT2D eigenvalue weighted by atomic mass is 35.5. The summed E-state index contributed by atoms with van der Waals surface area (Å²) in [6.07, 6.45) is 3.64. The van der Waals surface area contributed by atoms with Gasteiger partial charge in [-0.05, 0) is 24.6 Å². The highest BCUT2D eigenvalue weighted by Crippen LogP contribution is 2.38. The second-order valence-electron chi connectivity index (χ2n) is 4.29. The van der Waals surface area contributed by atoms with Gasteiger partial charge in [-0.15, -0.1) is 0 Å². The predicted octanol–water partition coefficient (Wildman–Crippen LogP) is 2.62. The highest BCUT2D eigenvalue weighted by molar-refractivity contribution is 6.32. The molecule has 2 aromatic rings. The largest absolute Gasteiger partial charge is 0.493 e. The zero-order valence-electron chi connectivity index (χ0n) is 11.8. The number of rotatable bonds is 5. The Morgan fingerprint density at radius 3 is 2.70 bits per heavy atom. The number of hydrogen-bond donors (Lipinski definition) is 1. The van der Waals surface area contributed by atoms with Gasteiger partial charge in [0.25, 0.3) is 0 Å². The van der Waals surface area contributed by atoms with Crippen molar-refractivity contribution in [3.05, 3.63) is 40.9 Å². The van der Waals surface area contributed by atoms with Crippen LogP contribution in [0.15, 0.2) is 24.5 Å². The van der Waals surface area contributed by atoms with Crippen molar-refractivity contribution in [2.24, 2.45) is 5.73 Å². The number of methoxy groups -OCH3 is 2. The second-order valence-corrected chi connectivity index (χ2v) is 4.69. The second kappa shape index (κ2) is 6.15. The van der Waals surface area contributed by atoms with Crippen molar-refractivity contribution >= 4 is 11.6 Å². The summed E-state index contributed by atoms with van der Waals surface area (Å²) in [5.74, 6) is 1.85. The minimum atomic E-state index is -0.373. The van der Waals surface area contributed by atoms with Gasteiger partial charge in [-0.1, -0.05) is 11.6 Å². The summed E-state index contributed by atoms with van der Waals surface area (Å²) >= 11 is 6.20. The molecule has 6 heteroatoms. The van der Waals surface area contributed by atoms with E-state index in [1.54, 1.807) is 26.5 Å². The van der Waals surface area contributed by atoms with Gasteiger partial charge in [-0.2, -0.15) is 0 Å². The predicted molar refractivity (Wildman–Crippen MR) is 78.5 cm³/mol. The fourth-order valence-electron chi connectivity index (χ4n) is 2.13. The molecule has 0 saturated carbocycles. The summed E-state index contributed by atoms with van der Waals surface area (Å²) in [4.78, 5) is 4.31. The number of imidazole rings is 1. The van der Waals surface area contributed by atoms with Crippen molar-refractivity contribution in [1.82, 2.24) is 9.55 Å². The van der Waals surface area contributed by atoms with Crippen LogP contribution < -0.4 is 15.2 Å². The van der Waals surface area contributed by atoms with Crippen LogP contribution in [0.4, 0.5) is 0 Å². The van der Waals surface area contributed by atoms with Crippen LogP contribution in [0.1, 0.15) is 24.4 Å². The van der Waals surface area contributed by atoms with Gasteiger partial charge in [-0.25, -0.2) is 4.98 Å². The maximum atomic E-state index is 6.28. The van der Waals surface area contributed by atoms with E-state index in [-0.39, 0.29) is 6.04 Å². The van der Waals surface area contributed by atoms with E-state index in [4.69, 9.17) is 26.8 Å². The Labute approximate surface area is 123 Å². The number of nitrogens with zero attached hydrogens (tertiary/aromatic N) is 2. The molecule has 0 aliphatic heterocycles. The van der Waals surface area contributed by atoms with E-state index in [1.165, 1.54) is 0 Å². The lowest BCUT2D eigenvalue weighted by Gasteiger charge is -2.17. The molecular formula is C14H18ClN3O2. The SMILES string of the molecule is CCn1ccnc1C(N)c1cc(Cl)c(OC)c(OC)c1. The summed E-state index contributed by atoms with van der Waals surface area (Å²) in [7, 11) is 3.11. The molecule has 108 valence electrons. The Morgan fingerprint density at radius 2 is 2.10 bits per heavy atom. The summed E-state index contributed by atoms with van der Waals surface area (Å²) < 4.78 is 12.5. The highest BCUT2D eigenvalue weighted by Gasteiger charge is 2.19. The number of ether oxygens (including phenoxy) is 2.